The number of anilines is 1. The summed E-state index contributed by atoms with van der Waals surface area (Å²) in [6.45, 7) is 9.45. The molecule has 90 valence electrons. The SMILES string of the molecule is CCCNc1nc(CC(C)C)nc(C)c1Br. The fraction of sp³-hybridized carbons (Fsp3) is 0.667. The molecule has 1 aromatic heterocycles. The van der Waals surface area contributed by atoms with Crippen LogP contribution in [-0.2, 0) is 6.42 Å². The summed E-state index contributed by atoms with van der Waals surface area (Å²) >= 11 is 3.52. The van der Waals surface area contributed by atoms with Gasteiger partial charge in [0.2, 0.25) is 0 Å². The van der Waals surface area contributed by atoms with Crippen LogP contribution in [0.2, 0.25) is 0 Å². The lowest BCUT2D eigenvalue weighted by Gasteiger charge is -2.11. The summed E-state index contributed by atoms with van der Waals surface area (Å²) in [6.07, 6.45) is 2.02. The topological polar surface area (TPSA) is 37.8 Å². The van der Waals surface area contributed by atoms with Gasteiger partial charge in [-0.15, -0.1) is 0 Å². The molecule has 16 heavy (non-hydrogen) atoms. The van der Waals surface area contributed by atoms with Crippen LogP contribution in [0, 0.1) is 12.8 Å². The van der Waals surface area contributed by atoms with Gasteiger partial charge >= 0.3 is 0 Å². The molecule has 0 atom stereocenters. The second-order valence-electron chi connectivity index (χ2n) is 4.41. The summed E-state index contributed by atoms with van der Waals surface area (Å²) < 4.78 is 0.980. The Hall–Kier alpha value is -0.640. The molecule has 0 aliphatic carbocycles. The molecule has 1 rings (SSSR count). The lowest BCUT2D eigenvalue weighted by molar-refractivity contribution is 0.619. The van der Waals surface area contributed by atoms with Gasteiger partial charge in [0, 0.05) is 13.0 Å². The highest BCUT2D eigenvalue weighted by Gasteiger charge is 2.09. The van der Waals surface area contributed by atoms with E-state index in [0.717, 1.165) is 41.2 Å². The van der Waals surface area contributed by atoms with E-state index in [1.165, 1.54) is 0 Å². The molecule has 1 heterocycles. The van der Waals surface area contributed by atoms with Crippen molar-refractivity contribution >= 4 is 21.7 Å². The van der Waals surface area contributed by atoms with Crippen molar-refractivity contribution in [1.82, 2.24) is 9.97 Å². The van der Waals surface area contributed by atoms with E-state index in [-0.39, 0.29) is 0 Å². The molecule has 0 fully saturated rings. The van der Waals surface area contributed by atoms with Crippen molar-refractivity contribution in [3.63, 3.8) is 0 Å². The Morgan fingerprint density at radius 2 is 2.00 bits per heavy atom. The number of aromatic nitrogens is 2. The lowest BCUT2D eigenvalue weighted by atomic mass is 10.1. The number of rotatable bonds is 5. The Balaban J connectivity index is 2.92. The van der Waals surface area contributed by atoms with Crippen LogP contribution in [0.3, 0.4) is 0 Å². The van der Waals surface area contributed by atoms with Crippen molar-refractivity contribution in [3.8, 4) is 0 Å². The molecule has 0 saturated carbocycles. The summed E-state index contributed by atoms with van der Waals surface area (Å²) in [4.78, 5) is 9.03. The Bertz CT molecular complexity index is 350. The molecule has 4 heteroatoms. The summed E-state index contributed by atoms with van der Waals surface area (Å²) in [5.74, 6) is 2.43. The summed E-state index contributed by atoms with van der Waals surface area (Å²) in [6, 6.07) is 0. The Labute approximate surface area is 106 Å². The zero-order valence-corrected chi connectivity index (χ0v) is 12.1. The zero-order chi connectivity index (χ0) is 12.1. The highest BCUT2D eigenvalue weighted by atomic mass is 79.9. The summed E-state index contributed by atoms with van der Waals surface area (Å²) in [5.41, 5.74) is 1.00. The molecule has 0 saturated heterocycles. The van der Waals surface area contributed by atoms with E-state index in [0.29, 0.717) is 5.92 Å². The number of nitrogens with zero attached hydrogens (tertiary/aromatic N) is 2. The highest BCUT2D eigenvalue weighted by molar-refractivity contribution is 9.10. The van der Waals surface area contributed by atoms with Gasteiger partial charge < -0.3 is 5.32 Å². The average Bonchev–Trinajstić information content (AvgIpc) is 2.20. The van der Waals surface area contributed by atoms with Crippen LogP contribution in [0.15, 0.2) is 4.47 Å². The van der Waals surface area contributed by atoms with E-state index in [2.05, 4.69) is 52.0 Å². The first-order chi connectivity index (χ1) is 7.54. The second-order valence-corrected chi connectivity index (χ2v) is 5.21. The third-order valence-electron chi connectivity index (χ3n) is 2.20. The maximum atomic E-state index is 4.54. The molecule has 0 amide bonds. The van der Waals surface area contributed by atoms with Crippen LogP contribution >= 0.6 is 15.9 Å². The molecular weight excluding hydrogens is 266 g/mol. The van der Waals surface area contributed by atoms with E-state index >= 15 is 0 Å². The number of hydrogen-bond donors (Lipinski definition) is 1. The van der Waals surface area contributed by atoms with Crippen LogP contribution in [0.1, 0.15) is 38.7 Å². The predicted octanol–water partition coefficient (Wildman–Crippen LogP) is 3.57. The van der Waals surface area contributed by atoms with Crippen molar-refractivity contribution < 1.29 is 0 Å². The first-order valence-electron chi connectivity index (χ1n) is 5.81. The van der Waals surface area contributed by atoms with E-state index < -0.39 is 0 Å². The molecule has 0 spiro atoms. The lowest BCUT2D eigenvalue weighted by Crippen LogP contribution is -2.09. The van der Waals surface area contributed by atoms with Crippen molar-refractivity contribution in [1.29, 1.82) is 0 Å². The minimum atomic E-state index is 0.583. The van der Waals surface area contributed by atoms with Gasteiger partial charge in [0.15, 0.2) is 0 Å². The third-order valence-corrected chi connectivity index (χ3v) is 3.15. The number of hydrogen-bond acceptors (Lipinski definition) is 3. The monoisotopic (exact) mass is 285 g/mol. The van der Waals surface area contributed by atoms with Crippen LogP contribution in [0.4, 0.5) is 5.82 Å². The number of aryl methyl sites for hydroxylation is 1. The van der Waals surface area contributed by atoms with Crippen molar-refractivity contribution in [2.75, 3.05) is 11.9 Å². The zero-order valence-electron chi connectivity index (χ0n) is 10.5. The minimum absolute atomic E-state index is 0.583. The maximum Gasteiger partial charge on any atom is 0.144 e. The molecule has 1 aromatic rings. The van der Waals surface area contributed by atoms with Crippen molar-refractivity contribution in [3.05, 3.63) is 16.0 Å². The van der Waals surface area contributed by atoms with E-state index in [9.17, 15) is 0 Å². The van der Waals surface area contributed by atoms with Gasteiger partial charge in [-0.1, -0.05) is 20.8 Å². The van der Waals surface area contributed by atoms with Crippen molar-refractivity contribution in [2.24, 2.45) is 5.92 Å². The third kappa shape index (κ3) is 3.74. The minimum Gasteiger partial charge on any atom is -0.369 e. The fourth-order valence-electron chi connectivity index (χ4n) is 1.43. The largest absolute Gasteiger partial charge is 0.369 e. The molecule has 0 aliphatic heterocycles. The van der Waals surface area contributed by atoms with E-state index in [1.807, 2.05) is 6.92 Å². The average molecular weight is 286 g/mol. The van der Waals surface area contributed by atoms with Gasteiger partial charge in [-0.3, -0.25) is 0 Å². The fourth-order valence-corrected chi connectivity index (χ4v) is 1.75. The normalized spacial score (nSPS) is 10.9. The van der Waals surface area contributed by atoms with E-state index in [4.69, 9.17) is 0 Å². The summed E-state index contributed by atoms with van der Waals surface area (Å²) in [5, 5.41) is 3.32. The van der Waals surface area contributed by atoms with Gasteiger partial charge in [-0.2, -0.15) is 0 Å². The van der Waals surface area contributed by atoms with Gasteiger partial charge in [-0.05, 0) is 35.2 Å². The molecule has 1 N–H and O–H groups in total. The van der Waals surface area contributed by atoms with Gasteiger partial charge in [0.25, 0.3) is 0 Å². The predicted molar refractivity (Wildman–Crippen MR) is 71.8 cm³/mol. The molecule has 0 aromatic carbocycles. The quantitative estimate of drug-likeness (QED) is 0.899. The first-order valence-corrected chi connectivity index (χ1v) is 6.60. The number of nitrogens with one attached hydrogen (secondary N) is 1. The van der Waals surface area contributed by atoms with Crippen molar-refractivity contribution in [2.45, 2.75) is 40.5 Å². The van der Waals surface area contributed by atoms with Crippen LogP contribution < -0.4 is 5.32 Å². The first kappa shape index (κ1) is 13.4. The Morgan fingerprint density at radius 3 is 2.56 bits per heavy atom. The summed E-state index contributed by atoms with van der Waals surface area (Å²) in [7, 11) is 0. The molecule has 3 nitrogen and oxygen atoms in total. The van der Waals surface area contributed by atoms with Crippen LogP contribution in [0.25, 0.3) is 0 Å². The van der Waals surface area contributed by atoms with Gasteiger partial charge in [-0.25, -0.2) is 9.97 Å². The van der Waals surface area contributed by atoms with Crippen LogP contribution in [0.5, 0.6) is 0 Å². The molecule has 0 aliphatic rings. The second kappa shape index (κ2) is 6.18. The molecule has 0 unspecified atom stereocenters. The standard InChI is InChI=1S/C12H20BrN3/c1-5-6-14-12-11(13)9(4)15-10(16-12)7-8(2)3/h8H,5-7H2,1-4H3,(H,14,15,16). The van der Waals surface area contributed by atoms with Gasteiger partial charge in [0.05, 0.1) is 10.2 Å². The Morgan fingerprint density at radius 1 is 1.31 bits per heavy atom. The number of halogens is 1. The van der Waals surface area contributed by atoms with Gasteiger partial charge in [0.1, 0.15) is 11.6 Å². The smallest absolute Gasteiger partial charge is 0.144 e. The highest BCUT2D eigenvalue weighted by Crippen LogP contribution is 2.23. The van der Waals surface area contributed by atoms with E-state index in [1.54, 1.807) is 0 Å². The molecule has 0 bridgehead atoms. The van der Waals surface area contributed by atoms with Crippen LogP contribution in [-0.4, -0.2) is 16.5 Å². The molecular formula is C12H20BrN3. The Kier molecular flexibility index (Phi) is 5.19. The molecule has 0 radical (unpaired) electrons. The maximum absolute atomic E-state index is 4.54.